The zero-order chi connectivity index (χ0) is 14.9. The van der Waals surface area contributed by atoms with Gasteiger partial charge in [0.15, 0.2) is 0 Å². The largest absolute Gasteiger partial charge is 0.388 e. The number of carbonyl (C=O) groups excluding carboxylic acids is 1. The molecular weight excluding hydrogens is 270 g/mol. The van der Waals surface area contributed by atoms with Crippen molar-refractivity contribution in [2.75, 3.05) is 26.8 Å². The highest BCUT2D eigenvalue weighted by molar-refractivity contribution is 5.97. The van der Waals surface area contributed by atoms with Gasteiger partial charge in [-0.15, -0.1) is 0 Å². The molecule has 1 aliphatic rings. The fraction of sp³-hybridized carbons (Fsp3) is 0.467. The van der Waals surface area contributed by atoms with Crippen LogP contribution in [0.2, 0.25) is 0 Å². The molecule has 2 N–H and O–H groups in total. The zero-order valence-corrected chi connectivity index (χ0v) is 12.0. The summed E-state index contributed by atoms with van der Waals surface area (Å²) < 4.78 is 5.26. The molecule has 21 heavy (non-hydrogen) atoms. The standard InChI is InChI=1S/C15H19N3O3/c1-18(9-15(20)4-6-21-7-5-15)14(19)11-2-3-12-13(8-11)17-10-16-12/h2-3,8,10,20H,4-7,9H2,1H3,(H,16,17). The molecule has 2 heterocycles. The van der Waals surface area contributed by atoms with Crippen molar-refractivity contribution in [3.8, 4) is 0 Å². The molecule has 1 fully saturated rings. The molecule has 6 nitrogen and oxygen atoms in total. The number of hydrogen-bond acceptors (Lipinski definition) is 4. The fourth-order valence-corrected chi connectivity index (χ4v) is 2.71. The van der Waals surface area contributed by atoms with Crippen molar-refractivity contribution in [3.63, 3.8) is 0 Å². The summed E-state index contributed by atoms with van der Waals surface area (Å²) in [4.78, 5) is 21.2. The van der Waals surface area contributed by atoms with E-state index >= 15 is 0 Å². The second-order valence-corrected chi connectivity index (χ2v) is 5.63. The lowest BCUT2D eigenvalue weighted by Gasteiger charge is -2.35. The third kappa shape index (κ3) is 2.91. The van der Waals surface area contributed by atoms with E-state index in [1.165, 1.54) is 0 Å². The number of H-pyrrole nitrogens is 1. The number of ether oxygens (including phenoxy) is 1. The van der Waals surface area contributed by atoms with Gasteiger partial charge in [0.2, 0.25) is 0 Å². The second-order valence-electron chi connectivity index (χ2n) is 5.63. The summed E-state index contributed by atoms with van der Waals surface area (Å²) in [6, 6.07) is 5.36. The number of likely N-dealkylation sites (N-methyl/N-ethyl adjacent to an activating group) is 1. The smallest absolute Gasteiger partial charge is 0.253 e. The maximum atomic E-state index is 12.5. The van der Waals surface area contributed by atoms with E-state index in [9.17, 15) is 9.90 Å². The van der Waals surface area contributed by atoms with E-state index in [2.05, 4.69) is 9.97 Å². The van der Waals surface area contributed by atoms with Crippen molar-refractivity contribution in [2.24, 2.45) is 0 Å². The van der Waals surface area contributed by atoms with Crippen LogP contribution in [0.4, 0.5) is 0 Å². The summed E-state index contributed by atoms with van der Waals surface area (Å²) >= 11 is 0. The highest BCUT2D eigenvalue weighted by Crippen LogP contribution is 2.22. The van der Waals surface area contributed by atoms with Crippen LogP contribution in [0.1, 0.15) is 23.2 Å². The number of aromatic amines is 1. The third-order valence-corrected chi connectivity index (χ3v) is 3.97. The predicted octanol–water partition coefficient (Wildman–Crippen LogP) is 1.18. The highest BCUT2D eigenvalue weighted by Gasteiger charge is 2.32. The molecule has 112 valence electrons. The minimum Gasteiger partial charge on any atom is -0.388 e. The molecule has 0 spiro atoms. The van der Waals surface area contributed by atoms with Crippen LogP contribution < -0.4 is 0 Å². The number of hydrogen-bond donors (Lipinski definition) is 2. The van der Waals surface area contributed by atoms with E-state index in [1.54, 1.807) is 30.4 Å². The molecule has 1 aromatic heterocycles. The Kier molecular flexibility index (Phi) is 3.65. The van der Waals surface area contributed by atoms with E-state index in [0.717, 1.165) is 11.0 Å². The van der Waals surface area contributed by atoms with Gasteiger partial charge in [0, 0.05) is 45.2 Å². The molecule has 1 amide bonds. The first-order valence-corrected chi connectivity index (χ1v) is 7.06. The van der Waals surface area contributed by atoms with Crippen molar-refractivity contribution < 1.29 is 14.6 Å². The monoisotopic (exact) mass is 289 g/mol. The normalized spacial score (nSPS) is 17.8. The number of imidazole rings is 1. The Morgan fingerprint density at radius 2 is 2.24 bits per heavy atom. The molecule has 6 heteroatoms. The molecule has 0 atom stereocenters. The molecule has 0 saturated carbocycles. The maximum Gasteiger partial charge on any atom is 0.253 e. The van der Waals surface area contributed by atoms with Crippen LogP contribution in [-0.4, -0.2) is 58.3 Å². The predicted molar refractivity (Wildman–Crippen MR) is 78.1 cm³/mol. The summed E-state index contributed by atoms with van der Waals surface area (Å²) in [5, 5.41) is 10.5. The summed E-state index contributed by atoms with van der Waals surface area (Å²) in [5.74, 6) is -0.105. The zero-order valence-electron chi connectivity index (χ0n) is 12.0. The summed E-state index contributed by atoms with van der Waals surface area (Å²) in [7, 11) is 1.72. The Labute approximate surface area is 122 Å². The first-order chi connectivity index (χ1) is 10.1. The van der Waals surface area contributed by atoms with Crippen molar-refractivity contribution in [2.45, 2.75) is 18.4 Å². The minimum absolute atomic E-state index is 0.105. The van der Waals surface area contributed by atoms with E-state index in [0.29, 0.717) is 38.2 Å². The number of nitrogens with zero attached hydrogens (tertiary/aromatic N) is 2. The van der Waals surface area contributed by atoms with Crippen molar-refractivity contribution in [1.29, 1.82) is 0 Å². The van der Waals surface area contributed by atoms with Gasteiger partial charge in [-0.3, -0.25) is 4.79 Å². The molecule has 0 radical (unpaired) electrons. The topological polar surface area (TPSA) is 78.5 Å². The number of aromatic nitrogens is 2. The average molecular weight is 289 g/mol. The number of amides is 1. The lowest BCUT2D eigenvalue weighted by atomic mass is 9.93. The lowest BCUT2D eigenvalue weighted by Crippen LogP contribution is -2.47. The number of aliphatic hydroxyl groups is 1. The Hall–Kier alpha value is -1.92. The molecule has 3 rings (SSSR count). The molecule has 1 aliphatic heterocycles. The molecule has 1 aromatic carbocycles. The number of rotatable bonds is 3. The first-order valence-electron chi connectivity index (χ1n) is 7.06. The molecule has 0 unspecified atom stereocenters. The van der Waals surface area contributed by atoms with Gasteiger partial charge < -0.3 is 19.7 Å². The van der Waals surface area contributed by atoms with Crippen LogP contribution in [-0.2, 0) is 4.74 Å². The fourth-order valence-electron chi connectivity index (χ4n) is 2.71. The summed E-state index contributed by atoms with van der Waals surface area (Å²) in [5.41, 5.74) is 1.40. The molecule has 2 aromatic rings. The Morgan fingerprint density at radius 1 is 1.48 bits per heavy atom. The highest BCUT2D eigenvalue weighted by atomic mass is 16.5. The summed E-state index contributed by atoms with van der Waals surface area (Å²) in [6.45, 7) is 1.40. The number of benzene rings is 1. The number of nitrogens with one attached hydrogen (secondary N) is 1. The van der Waals surface area contributed by atoms with Crippen LogP contribution in [0.25, 0.3) is 11.0 Å². The van der Waals surface area contributed by atoms with Gasteiger partial charge in [0.25, 0.3) is 5.91 Å². The van der Waals surface area contributed by atoms with Gasteiger partial charge in [-0.05, 0) is 18.2 Å². The van der Waals surface area contributed by atoms with Gasteiger partial charge >= 0.3 is 0 Å². The van der Waals surface area contributed by atoms with Crippen LogP contribution in [0, 0.1) is 0 Å². The number of carbonyl (C=O) groups is 1. The molecule has 1 saturated heterocycles. The van der Waals surface area contributed by atoms with Crippen LogP contribution in [0.15, 0.2) is 24.5 Å². The first kappa shape index (κ1) is 14.0. The summed E-state index contributed by atoms with van der Waals surface area (Å²) in [6.07, 6.45) is 2.72. The van der Waals surface area contributed by atoms with Crippen LogP contribution in [0.3, 0.4) is 0 Å². The van der Waals surface area contributed by atoms with Gasteiger partial charge in [0.1, 0.15) is 0 Å². The van der Waals surface area contributed by atoms with Crippen molar-refractivity contribution in [3.05, 3.63) is 30.1 Å². The van der Waals surface area contributed by atoms with E-state index in [-0.39, 0.29) is 5.91 Å². The van der Waals surface area contributed by atoms with Gasteiger partial charge in [-0.1, -0.05) is 0 Å². The molecule has 0 aliphatic carbocycles. The van der Waals surface area contributed by atoms with Gasteiger partial charge in [-0.2, -0.15) is 0 Å². The Morgan fingerprint density at radius 3 is 3.00 bits per heavy atom. The Balaban J connectivity index is 1.74. The third-order valence-electron chi connectivity index (χ3n) is 3.97. The van der Waals surface area contributed by atoms with E-state index in [1.807, 2.05) is 6.07 Å². The average Bonchev–Trinajstić information content (AvgIpc) is 2.94. The van der Waals surface area contributed by atoms with Crippen molar-refractivity contribution in [1.82, 2.24) is 14.9 Å². The minimum atomic E-state index is -0.846. The molecular formula is C15H19N3O3. The van der Waals surface area contributed by atoms with Crippen LogP contribution >= 0.6 is 0 Å². The lowest BCUT2D eigenvalue weighted by molar-refractivity contribution is -0.0734. The van der Waals surface area contributed by atoms with Gasteiger partial charge in [0.05, 0.1) is 23.0 Å². The Bertz CT molecular complexity index is 646. The second kappa shape index (κ2) is 5.46. The van der Waals surface area contributed by atoms with E-state index in [4.69, 9.17) is 4.74 Å². The SMILES string of the molecule is CN(CC1(O)CCOCC1)C(=O)c1ccc2nc[nH]c2c1. The van der Waals surface area contributed by atoms with Crippen molar-refractivity contribution >= 4 is 16.9 Å². The quantitative estimate of drug-likeness (QED) is 0.889. The van der Waals surface area contributed by atoms with Crippen LogP contribution in [0.5, 0.6) is 0 Å². The maximum absolute atomic E-state index is 12.5. The number of fused-ring (bicyclic) bond motifs is 1. The molecule has 0 bridgehead atoms. The van der Waals surface area contributed by atoms with E-state index < -0.39 is 5.60 Å². The van der Waals surface area contributed by atoms with Gasteiger partial charge in [-0.25, -0.2) is 4.98 Å².